The molecule has 0 radical (unpaired) electrons. The molecule has 3 aromatic rings. The Morgan fingerprint density at radius 2 is 1.91 bits per heavy atom. The molecule has 1 aliphatic heterocycles. The molecular formula is C26H33N5O. The fourth-order valence-corrected chi connectivity index (χ4v) is 4.10. The van der Waals surface area contributed by atoms with E-state index in [9.17, 15) is 4.79 Å². The molecule has 32 heavy (non-hydrogen) atoms. The highest BCUT2D eigenvalue weighted by atomic mass is 16.2. The molecule has 0 atom stereocenters. The van der Waals surface area contributed by atoms with E-state index in [2.05, 4.69) is 60.3 Å². The number of carbonyl (C=O) groups excluding carboxylic acids is 1. The van der Waals surface area contributed by atoms with Crippen LogP contribution in [0.3, 0.4) is 0 Å². The van der Waals surface area contributed by atoms with Crippen LogP contribution in [0.4, 0.5) is 16.3 Å². The number of hydrogen-bond donors (Lipinski definition) is 2. The summed E-state index contributed by atoms with van der Waals surface area (Å²) in [5, 5.41) is 7.97. The molecule has 0 saturated carbocycles. The van der Waals surface area contributed by atoms with Crippen molar-refractivity contribution in [2.24, 2.45) is 5.92 Å². The Hall–Kier alpha value is -3.15. The maximum Gasteiger partial charge on any atom is 0.319 e. The fraction of sp³-hybridized carbons (Fsp3) is 0.423. The maximum absolute atomic E-state index is 12.7. The first kappa shape index (κ1) is 22.1. The van der Waals surface area contributed by atoms with Crippen molar-refractivity contribution in [3.05, 3.63) is 60.0 Å². The van der Waals surface area contributed by atoms with E-state index in [1.807, 2.05) is 24.3 Å². The van der Waals surface area contributed by atoms with Gasteiger partial charge in [-0.3, -0.25) is 4.98 Å². The molecule has 1 aliphatic rings. The van der Waals surface area contributed by atoms with E-state index in [-0.39, 0.29) is 11.4 Å². The first-order chi connectivity index (χ1) is 15.3. The Labute approximate surface area is 190 Å². The largest absolute Gasteiger partial charge is 0.356 e. The summed E-state index contributed by atoms with van der Waals surface area (Å²) in [5.41, 5.74) is 2.87. The van der Waals surface area contributed by atoms with Gasteiger partial charge in [0.05, 0.1) is 5.69 Å². The van der Waals surface area contributed by atoms with Gasteiger partial charge in [0, 0.05) is 59.5 Å². The van der Waals surface area contributed by atoms with Gasteiger partial charge in [-0.2, -0.15) is 0 Å². The van der Waals surface area contributed by atoms with E-state index in [1.165, 1.54) is 12.8 Å². The van der Waals surface area contributed by atoms with Crippen molar-refractivity contribution in [3.8, 4) is 0 Å². The molecule has 0 unspecified atom stereocenters. The number of amides is 2. The monoisotopic (exact) mass is 431 g/mol. The molecular weight excluding hydrogens is 398 g/mol. The number of anilines is 2. The third-order valence-electron chi connectivity index (χ3n) is 6.18. The third-order valence-corrected chi connectivity index (χ3v) is 6.18. The van der Waals surface area contributed by atoms with E-state index < -0.39 is 0 Å². The zero-order valence-corrected chi connectivity index (χ0v) is 19.5. The minimum Gasteiger partial charge on any atom is -0.356 e. The molecule has 6 heteroatoms. The zero-order chi connectivity index (χ0) is 22.7. The number of hydrogen-bond acceptors (Lipinski definition) is 4. The number of nitrogens with zero attached hydrogens (tertiary/aromatic N) is 3. The number of nitrogens with one attached hydrogen (secondary N) is 2. The van der Waals surface area contributed by atoms with Crippen molar-refractivity contribution in [1.29, 1.82) is 0 Å². The van der Waals surface area contributed by atoms with Crippen LogP contribution < -0.4 is 15.5 Å². The average molecular weight is 432 g/mol. The summed E-state index contributed by atoms with van der Waals surface area (Å²) < 4.78 is 0. The second-order valence-electron chi connectivity index (χ2n) is 9.81. The fourth-order valence-electron chi connectivity index (χ4n) is 4.10. The van der Waals surface area contributed by atoms with Gasteiger partial charge in [-0.1, -0.05) is 45.9 Å². The van der Waals surface area contributed by atoms with Crippen molar-refractivity contribution >= 4 is 28.3 Å². The van der Waals surface area contributed by atoms with Gasteiger partial charge in [0.25, 0.3) is 0 Å². The van der Waals surface area contributed by atoms with Gasteiger partial charge in [0.15, 0.2) is 0 Å². The molecule has 6 nitrogen and oxygen atoms in total. The Morgan fingerprint density at radius 1 is 1.12 bits per heavy atom. The lowest BCUT2D eigenvalue weighted by atomic mass is 9.91. The van der Waals surface area contributed by atoms with E-state index >= 15 is 0 Å². The lowest BCUT2D eigenvalue weighted by Crippen LogP contribution is -2.36. The third kappa shape index (κ3) is 5.01. The molecule has 0 aliphatic carbocycles. The number of pyridine rings is 2. The summed E-state index contributed by atoms with van der Waals surface area (Å²) in [4.78, 5) is 24.3. The molecule has 0 spiro atoms. The normalized spacial score (nSPS) is 15.1. The lowest BCUT2D eigenvalue weighted by Gasteiger charge is -2.33. The highest BCUT2D eigenvalue weighted by Crippen LogP contribution is 2.29. The van der Waals surface area contributed by atoms with E-state index in [4.69, 9.17) is 4.98 Å². The number of rotatable bonds is 4. The predicted octanol–water partition coefficient (Wildman–Crippen LogP) is 5.49. The highest BCUT2D eigenvalue weighted by Gasteiger charge is 2.23. The Balaban J connectivity index is 1.51. The SMILES string of the molecule is CC1CCN(c2nc(C(C)(C)C)ccc2CNC(=O)Nc2cccc3cnccc23)CC1. The number of carbonyl (C=O) groups is 1. The standard InChI is InChI=1S/C26H33N5O/c1-18-11-14-31(15-12-18)24-20(8-9-23(30-24)26(2,3)4)17-28-25(32)29-22-7-5-6-19-16-27-13-10-21(19)22/h5-10,13,16,18H,11-12,14-15,17H2,1-4H3,(H2,28,29,32). The maximum atomic E-state index is 12.7. The van der Waals surface area contributed by atoms with Crippen LogP contribution >= 0.6 is 0 Å². The number of piperidine rings is 1. The van der Waals surface area contributed by atoms with E-state index in [0.717, 1.165) is 52.5 Å². The molecule has 2 N–H and O–H groups in total. The molecule has 2 aromatic heterocycles. The van der Waals surface area contributed by atoms with Crippen LogP contribution in [-0.4, -0.2) is 29.1 Å². The molecule has 0 bridgehead atoms. The minimum atomic E-state index is -0.229. The Kier molecular flexibility index (Phi) is 6.31. The van der Waals surface area contributed by atoms with Crippen molar-refractivity contribution < 1.29 is 4.79 Å². The van der Waals surface area contributed by atoms with Gasteiger partial charge in [0.1, 0.15) is 5.82 Å². The topological polar surface area (TPSA) is 70.2 Å². The van der Waals surface area contributed by atoms with Gasteiger partial charge in [-0.15, -0.1) is 0 Å². The van der Waals surface area contributed by atoms with Crippen LogP contribution in [0.5, 0.6) is 0 Å². The van der Waals surface area contributed by atoms with Crippen molar-refractivity contribution in [2.45, 2.75) is 52.5 Å². The van der Waals surface area contributed by atoms with Crippen molar-refractivity contribution in [1.82, 2.24) is 15.3 Å². The van der Waals surface area contributed by atoms with Gasteiger partial charge in [-0.05, 0) is 37.0 Å². The minimum absolute atomic E-state index is 0.0234. The van der Waals surface area contributed by atoms with Crippen molar-refractivity contribution in [2.75, 3.05) is 23.3 Å². The smallest absolute Gasteiger partial charge is 0.319 e. The van der Waals surface area contributed by atoms with Crippen LogP contribution in [0.15, 0.2) is 48.8 Å². The van der Waals surface area contributed by atoms with Gasteiger partial charge in [0.2, 0.25) is 0 Å². The van der Waals surface area contributed by atoms with Crippen LogP contribution in [-0.2, 0) is 12.0 Å². The van der Waals surface area contributed by atoms with Crippen LogP contribution in [0, 0.1) is 5.92 Å². The molecule has 1 saturated heterocycles. The predicted molar refractivity (Wildman–Crippen MR) is 131 cm³/mol. The first-order valence-electron chi connectivity index (χ1n) is 11.4. The summed E-state index contributed by atoms with van der Waals surface area (Å²) in [5.74, 6) is 1.75. The number of fused-ring (bicyclic) bond motifs is 1. The summed E-state index contributed by atoms with van der Waals surface area (Å²) in [7, 11) is 0. The Bertz CT molecular complexity index is 1090. The average Bonchev–Trinajstić information content (AvgIpc) is 2.78. The molecule has 1 aromatic carbocycles. The van der Waals surface area contributed by atoms with Gasteiger partial charge < -0.3 is 15.5 Å². The summed E-state index contributed by atoms with van der Waals surface area (Å²) >= 11 is 0. The summed E-state index contributed by atoms with van der Waals surface area (Å²) in [6.07, 6.45) is 5.88. The van der Waals surface area contributed by atoms with Crippen LogP contribution in [0.25, 0.3) is 10.8 Å². The highest BCUT2D eigenvalue weighted by molar-refractivity contribution is 6.01. The van der Waals surface area contributed by atoms with Gasteiger partial charge in [-0.25, -0.2) is 9.78 Å². The Morgan fingerprint density at radius 3 is 2.66 bits per heavy atom. The number of aromatic nitrogens is 2. The molecule has 2 amide bonds. The van der Waals surface area contributed by atoms with Gasteiger partial charge >= 0.3 is 6.03 Å². The van der Waals surface area contributed by atoms with Crippen LogP contribution in [0.1, 0.15) is 51.8 Å². The molecule has 1 fully saturated rings. The zero-order valence-electron chi connectivity index (χ0n) is 19.5. The first-order valence-corrected chi connectivity index (χ1v) is 11.4. The molecule has 4 rings (SSSR count). The second-order valence-corrected chi connectivity index (χ2v) is 9.81. The second kappa shape index (κ2) is 9.15. The summed E-state index contributed by atoms with van der Waals surface area (Å²) in [6, 6.07) is 11.7. The van der Waals surface area contributed by atoms with E-state index in [0.29, 0.717) is 6.54 Å². The molecule has 168 valence electrons. The number of benzene rings is 1. The van der Waals surface area contributed by atoms with Crippen LogP contribution in [0.2, 0.25) is 0 Å². The lowest BCUT2D eigenvalue weighted by molar-refractivity contribution is 0.252. The molecule has 3 heterocycles. The summed E-state index contributed by atoms with van der Waals surface area (Å²) in [6.45, 7) is 11.3. The van der Waals surface area contributed by atoms with E-state index in [1.54, 1.807) is 12.4 Å². The number of urea groups is 1. The van der Waals surface area contributed by atoms with Crippen molar-refractivity contribution in [3.63, 3.8) is 0 Å². The quantitative estimate of drug-likeness (QED) is 0.573.